The number of aliphatic hydroxyl groups excluding tert-OH is 1. The van der Waals surface area contributed by atoms with E-state index in [0.717, 1.165) is 32.8 Å². The van der Waals surface area contributed by atoms with E-state index in [1.807, 2.05) is 32.0 Å². The van der Waals surface area contributed by atoms with Gasteiger partial charge in [0.25, 0.3) is 0 Å². The number of amides is 1. The van der Waals surface area contributed by atoms with Crippen LogP contribution >= 0.6 is 0 Å². The van der Waals surface area contributed by atoms with Gasteiger partial charge in [-0.2, -0.15) is 0 Å². The number of anilines is 1. The van der Waals surface area contributed by atoms with Crippen LogP contribution in [0.5, 0.6) is 0 Å². The molecule has 5 heteroatoms. The second-order valence-electron chi connectivity index (χ2n) is 4.89. The van der Waals surface area contributed by atoms with Crippen molar-refractivity contribution < 1.29 is 14.6 Å². The summed E-state index contributed by atoms with van der Waals surface area (Å²) in [6.45, 7) is 4.66. The molecule has 1 saturated carbocycles. The maximum absolute atomic E-state index is 11.9. The molecule has 1 aromatic rings. The van der Waals surface area contributed by atoms with Gasteiger partial charge < -0.3 is 9.84 Å². The molecular formula is C16H26N2O3. The van der Waals surface area contributed by atoms with Crippen LogP contribution in [0.2, 0.25) is 0 Å². The Labute approximate surface area is 126 Å². The van der Waals surface area contributed by atoms with Gasteiger partial charge >= 0.3 is 6.09 Å². The summed E-state index contributed by atoms with van der Waals surface area (Å²) < 4.78 is 5.60. The summed E-state index contributed by atoms with van der Waals surface area (Å²) in [5, 5.41) is 7.00. The summed E-state index contributed by atoms with van der Waals surface area (Å²) in [4.78, 5) is 17.8. The fraction of sp³-hybridized carbons (Fsp3) is 0.625. The van der Waals surface area contributed by atoms with Gasteiger partial charge in [-0.05, 0) is 37.8 Å². The van der Waals surface area contributed by atoms with Crippen LogP contribution < -0.4 is 4.90 Å². The van der Waals surface area contributed by atoms with E-state index in [0.29, 0.717) is 12.4 Å². The predicted octanol–water partition coefficient (Wildman–Crippen LogP) is 3.38. The van der Waals surface area contributed by atoms with Gasteiger partial charge in [0.05, 0.1) is 6.54 Å². The highest BCUT2D eigenvalue weighted by Gasteiger charge is 2.46. The molecule has 2 aliphatic rings. The first-order valence-corrected chi connectivity index (χ1v) is 7.65. The van der Waals surface area contributed by atoms with Crippen molar-refractivity contribution in [2.24, 2.45) is 0 Å². The van der Waals surface area contributed by atoms with Crippen LogP contribution in [0, 0.1) is 0 Å². The van der Waals surface area contributed by atoms with E-state index in [-0.39, 0.29) is 11.7 Å². The van der Waals surface area contributed by atoms with E-state index >= 15 is 0 Å². The number of rotatable bonds is 1. The average Bonchev–Trinajstić information content (AvgIpc) is 2.89. The molecule has 0 bridgehead atoms. The predicted molar refractivity (Wildman–Crippen MR) is 83.4 cm³/mol. The Bertz CT molecular complexity index is 417. The lowest BCUT2D eigenvalue weighted by Gasteiger charge is -2.30. The smallest absolute Gasteiger partial charge is 0.416 e. The van der Waals surface area contributed by atoms with Crippen molar-refractivity contribution in [1.29, 1.82) is 0 Å². The van der Waals surface area contributed by atoms with E-state index in [1.165, 1.54) is 6.42 Å². The summed E-state index contributed by atoms with van der Waals surface area (Å²) in [7, 11) is 1.00. The number of aromatic nitrogens is 1. The molecule has 0 atom stereocenters. The molecule has 1 aliphatic heterocycles. The number of hydrogen-bond acceptors (Lipinski definition) is 4. The van der Waals surface area contributed by atoms with E-state index in [1.54, 1.807) is 11.1 Å². The maximum Gasteiger partial charge on any atom is 0.416 e. The third-order valence-electron chi connectivity index (χ3n) is 3.66. The number of ether oxygens (including phenoxy) is 1. The second-order valence-corrected chi connectivity index (χ2v) is 4.89. The molecular weight excluding hydrogens is 268 g/mol. The number of hydrogen-bond donors (Lipinski definition) is 1. The molecule has 21 heavy (non-hydrogen) atoms. The first-order valence-electron chi connectivity index (χ1n) is 7.65. The Morgan fingerprint density at radius 3 is 2.43 bits per heavy atom. The van der Waals surface area contributed by atoms with Crippen molar-refractivity contribution in [2.45, 2.75) is 51.6 Å². The molecule has 1 aromatic heterocycles. The largest absolute Gasteiger partial charge is 0.441 e. The number of carbonyl (C=O) groups excluding carboxylic acids is 1. The highest BCUT2D eigenvalue weighted by atomic mass is 16.6. The standard InChI is InChI=1S/C13H16N2O2.C2H6.CH4O/c16-12-15(11-6-2-5-9-14-11)10-13(17-12)7-3-1-4-8-13;2*1-2/h2,5-6,9H,1,3-4,7-8,10H2;1-2H3;2H,1H3. The number of nitrogens with zero attached hydrogens (tertiary/aromatic N) is 2. The SMILES string of the molecule is CC.CO.O=C1OC2(CCCCC2)CN1c1ccccn1. The Hall–Kier alpha value is -1.62. The quantitative estimate of drug-likeness (QED) is 0.862. The zero-order valence-corrected chi connectivity index (χ0v) is 13.2. The molecule has 0 radical (unpaired) electrons. The Balaban J connectivity index is 0.000000510. The maximum atomic E-state index is 11.9. The lowest BCUT2D eigenvalue weighted by atomic mass is 9.85. The minimum atomic E-state index is -0.245. The van der Waals surface area contributed by atoms with E-state index in [4.69, 9.17) is 9.84 Å². The van der Waals surface area contributed by atoms with Crippen LogP contribution in [0.3, 0.4) is 0 Å². The summed E-state index contributed by atoms with van der Waals surface area (Å²) in [6.07, 6.45) is 7.00. The molecule has 1 amide bonds. The van der Waals surface area contributed by atoms with Crippen molar-refractivity contribution >= 4 is 11.9 Å². The van der Waals surface area contributed by atoms with Crippen molar-refractivity contribution in [3.05, 3.63) is 24.4 Å². The molecule has 3 rings (SSSR count). The van der Waals surface area contributed by atoms with Crippen LogP contribution in [-0.4, -0.2) is 35.4 Å². The van der Waals surface area contributed by atoms with Crippen LogP contribution in [-0.2, 0) is 4.74 Å². The lowest BCUT2D eigenvalue weighted by Crippen LogP contribution is -2.36. The highest BCUT2D eigenvalue weighted by molar-refractivity contribution is 5.89. The topological polar surface area (TPSA) is 62.7 Å². The van der Waals surface area contributed by atoms with Gasteiger partial charge in [0, 0.05) is 13.3 Å². The van der Waals surface area contributed by atoms with Gasteiger partial charge in [0.1, 0.15) is 11.4 Å². The number of aliphatic hydroxyl groups is 1. The van der Waals surface area contributed by atoms with Gasteiger partial charge in [-0.3, -0.25) is 4.90 Å². The molecule has 1 aliphatic carbocycles. The second kappa shape index (κ2) is 8.62. The van der Waals surface area contributed by atoms with Crippen LogP contribution in [0.15, 0.2) is 24.4 Å². The molecule has 2 heterocycles. The minimum Gasteiger partial charge on any atom is -0.441 e. The molecule has 5 nitrogen and oxygen atoms in total. The summed E-state index contributed by atoms with van der Waals surface area (Å²) in [5.74, 6) is 0.694. The Morgan fingerprint density at radius 2 is 1.86 bits per heavy atom. The first kappa shape index (κ1) is 17.4. The number of pyridine rings is 1. The summed E-state index contributed by atoms with van der Waals surface area (Å²) in [5.41, 5.74) is -0.243. The van der Waals surface area contributed by atoms with Crippen LogP contribution in [0.25, 0.3) is 0 Å². The molecule has 1 saturated heterocycles. The van der Waals surface area contributed by atoms with Crippen LogP contribution in [0.1, 0.15) is 46.0 Å². The fourth-order valence-electron chi connectivity index (χ4n) is 2.77. The van der Waals surface area contributed by atoms with Crippen molar-refractivity contribution in [1.82, 2.24) is 4.98 Å². The Kier molecular flexibility index (Phi) is 7.15. The van der Waals surface area contributed by atoms with Gasteiger partial charge in [-0.25, -0.2) is 9.78 Å². The lowest BCUT2D eigenvalue weighted by molar-refractivity contribution is 0.0260. The van der Waals surface area contributed by atoms with Crippen molar-refractivity contribution in [3.63, 3.8) is 0 Å². The Morgan fingerprint density at radius 1 is 1.19 bits per heavy atom. The molecule has 118 valence electrons. The van der Waals surface area contributed by atoms with Crippen molar-refractivity contribution in [3.8, 4) is 0 Å². The summed E-state index contributed by atoms with van der Waals surface area (Å²) >= 11 is 0. The zero-order valence-electron chi connectivity index (χ0n) is 13.2. The van der Waals surface area contributed by atoms with Gasteiger partial charge in [0.2, 0.25) is 0 Å². The normalized spacial score (nSPS) is 19.0. The first-order chi connectivity index (χ1) is 10.3. The van der Waals surface area contributed by atoms with Gasteiger partial charge in [0.15, 0.2) is 0 Å². The zero-order chi connectivity index (χ0) is 15.7. The van der Waals surface area contributed by atoms with E-state index < -0.39 is 0 Å². The van der Waals surface area contributed by atoms with Gasteiger partial charge in [-0.15, -0.1) is 0 Å². The van der Waals surface area contributed by atoms with Crippen LogP contribution in [0.4, 0.5) is 10.6 Å². The monoisotopic (exact) mass is 294 g/mol. The average molecular weight is 294 g/mol. The fourth-order valence-corrected chi connectivity index (χ4v) is 2.77. The molecule has 1 spiro atoms. The summed E-state index contributed by atoms with van der Waals surface area (Å²) in [6, 6.07) is 5.59. The highest BCUT2D eigenvalue weighted by Crippen LogP contribution is 2.38. The molecule has 0 unspecified atom stereocenters. The van der Waals surface area contributed by atoms with E-state index in [2.05, 4.69) is 4.98 Å². The molecule has 1 N–H and O–H groups in total. The van der Waals surface area contributed by atoms with Crippen molar-refractivity contribution in [2.75, 3.05) is 18.6 Å². The van der Waals surface area contributed by atoms with E-state index in [9.17, 15) is 4.79 Å². The van der Waals surface area contributed by atoms with Gasteiger partial charge in [-0.1, -0.05) is 26.3 Å². The molecule has 0 aromatic carbocycles. The molecule has 2 fully saturated rings. The number of carbonyl (C=O) groups is 1. The minimum absolute atomic E-state index is 0.243. The third kappa shape index (κ3) is 4.17. The third-order valence-corrected chi connectivity index (χ3v) is 3.66.